The number of carbonyl (C=O) groups excluding carboxylic acids is 2. The summed E-state index contributed by atoms with van der Waals surface area (Å²) in [6, 6.07) is 3.04. The van der Waals surface area contributed by atoms with Crippen molar-refractivity contribution < 1.29 is 9.59 Å². The lowest BCUT2D eigenvalue weighted by Gasteiger charge is -2.11. The highest BCUT2D eigenvalue weighted by Crippen LogP contribution is 2.06. The predicted octanol–water partition coefficient (Wildman–Crippen LogP) is 1.41. The van der Waals surface area contributed by atoms with Gasteiger partial charge in [0.15, 0.2) is 5.78 Å². The van der Waals surface area contributed by atoms with E-state index in [-0.39, 0.29) is 11.7 Å². The maximum atomic E-state index is 11.8. The Labute approximate surface area is 95.1 Å². The topological polar surface area (TPSA) is 59.1 Å². The van der Waals surface area contributed by atoms with Crippen molar-refractivity contribution in [1.29, 1.82) is 0 Å². The van der Waals surface area contributed by atoms with E-state index in [1.807, 2.05) is 6.92 Å². The molecule has 0 saturated heterocycles. The van der Waals surface area contributed by atoms with E-state index in [0.29, 0.717) is 11.3 Å². The van der Waals surface area contributed by atoms with E-state index in [9.17, 15) is 9.59 Å². The first kappa shape index (κ1) is 12.4. The Balaban J connectivity index is 2.85. The summed E-state index contributed by atoms with van der Waals surface area (Å²) in [5.74, 6) is -0.321. The van der Waals surface area contributed by atoms with Crippen molar-refractivity contribution in [2.45, 2.75) is 33.7 Å². The van der Waals surface area contributed by atoms with Gasteiger partial charge in [0.25, 0.3) is 5.91 Å². The molecule has 1 aromatic heterocycles. The van der Waals surface area contributed by atoms with E-state index in [2.05, 4.69) is 10.3 Å². The first-order valence-electron chi connectivity index (χ1n) is 5.17. The fourth-order valence-electron chi connectivity index (χ4n) is 1.30. The molecule has 1 N–H and O–H groups in total. The summed E-state index contributed by atoms with van der Waals surface area (Å²) < 4.78 is 0. The molecule has 0 saturated carbocycles. The van der Waals surface area contributed by atoms with Gasteiger partial charge >= 0.3 is 0 Å². The van der Waals surface area contributed by atoms with E-state index in [1.54, 1.807) is 26.0 Å². The van der Waals surface area contributed by atoms with Gasteiger partial charge in [0, 0.05) is 5.69 Å². The molecule has 86 valence electrons. The number of aryl methyl sites for hydroxylation is 2. The van der Waals surface area contributed by atoms with Crippen LogP contribution in [-0.4, -0.2) is 22.7 Å². The summed E-state index contributed by atoms with van der Waals surface area (Å²) in [7, 11) is 0. The Hall–Kier alpha value is -1.71. The zero-order valence-corrected chi connectivity index (χ0v) is 10.00. The number of carbonyl (C=O) groups is 2. The summed E-state index contributed by atoms with van der Waals surface area (Å²) in [5.41, 5.74) is 2.06. The zero-order valence-electron chi connectivity index (χ0n) is 10.00. The van der Waals surface area contributed by atoms with Crippen LogP contribution in [0.5, 0.6) is 0 Å². The molecule has 1 unspecified atom stereocenters. The van der Waals surface area contributed by atoms with Crippen molar-refractivity contribution in [2.75, 3.05) is 0 Å². The van der Waals surface area contributed by atoms with Crippen LogP contribution < -0.4 is 5.32 Å². The Bertz CT molecular complexity index is 427. The lowest BCUT2D eigenvalue weighted by Crippen LogP contribution is -2.37. The molecule has 0 aliphatic carbocycles. The van der Waals surface area contributed by atoms with Crippen molar-refractivity contribution >= 4 is 11.7 Å². The van der Waals surface area contributed by atoms with Gasteiger partial charge in [-0.25, -0.2) is 0 Å². The van der Waals surface area contributed by atoms with E-state index < -0.39 is 6.04 Å². The number of hydrogen-bond acceptors (Lipinski definition) is 3. The highest BCUT2D eigenvalue weighted by atomic mass is 16.2. The molecule has 1 atom stereocenters. The van der Waals surface area contributed by atoms with Crippen molar-refractivity contribution in [1.82, 2.24) is 10.3 Å². The number of pyridine rings is 1. The van der Waals surface area contributed by atoms with Gasteiger partial charge in [-0.2, -0.15) is 0 Å². The molecule has 0 aromatic carbocycles. The first-order valence-corrected chi connectivity index (χ1v) is 5.17. The molecule has 1 rings (SSSR count). The molecule has 4 nitrogen and oxygen atoms in total. The minimum absolute atomic E-state index is 0.0638. The fraction of sp³-hybridized carbons (Fsp3) is 0.417. The van der Waals surface area contributed by atoms with Gasteiger partial charge in [-0.1, -0.05) is 0 Å². The second kappa shape index (κ2) is 4.88. The third-order valence-electron chi connectivity index (χ3n) is 2.43. The van der Waals surface area contributed by atoms with E-state index in [0.717, 1.165) is 5.69 Å². The Morgan fingerprint density at radius 3 is 2.44 bits per heavy atom. The van der Waals surface area contributed by atoms with Crippen LogP contribution in [-0.2, 0) is 4.79 Å². The molecule has 1 aromatic rings. The molecule has 0 spiro atoms. The number of amides is 1. The van der Waals surface area contributed by atoms with E-state index in [1.165, 1.54) is 6.92 Å². The maximum Gasteiger partial charge on any atom is 0.253 e. The van der Waals surface area contributed by atoms with E-state index >= 15 is 0 Å². The molecule has 1 heterocycles. The average molecular weight is 220 g/mol. The number of aromatic nitrogens is 1. The second-order valence-corrected chi connectivity index (χ2v) is 3.89. The summed E-state index contributed by atoms with van der Waals surface area (Å²) >= 11 is 0. The van der Waals surface area contributed by atoms with E-state index in [4.69, 9.17) is 0 Å². The van der Waals surface area contributed by atoms with Gasteiger partial charge in [0.1, 0.15) is 0 Å². The van der Waals surface area contributed by atoms with Crippen LogP contribution in [0.3, 0.4) is 0 Å². The highest BCUT2D eigenvalue weighted by molar-refractivity contribution is 5.98. The van der Waals surface area contributed by atoms with Crippen LogP contribution in [0.1, 0.15) is 35.6 Å². The quantitative estimate of drug-likeness (QED) is 0.837. The minimum atomic E-state index is -0.465. The summed E-state index contributed by atoms with van der Waals surface area (Å²) in [4.78, 5) is 27.0. The lowest BCUT2D eigenvalue weighted by atomic mass is 10.1. The smallest absolute Gasteiger partial charge is 0.253 e. The number of rotatable bonds is 3. The normalized spacial score (nSPS) is 12.0. The molecule has 4 heteroatoms. The van der Waals surface area contributed by atoms with Crippen molar-refractivity contribution in [3.05, 3.63) is 29.1 Å². The fourth-order valence-corrected chi connectivity index (χ4v) is 1.30. The maximum absolute atomic E-state index is 11.8. The second-order valence-electron chi connectivity index (χ2n) is 3.89. The number of nitrogens with one attached hydrogen (secondary N) is 1. The van der Waals surface area contributed by atoms with Crippen molar-refractivity contribution in [3.63, 3.8) is 0 Å². The van der Waals surface area contributed by atoms with Crippen LogP contribution in [0.25, 0.3) is 0 Å². The van der Waals surface area contributed by atoms with Crippen LogP contribution in [0, 0.1) is 13.8 Å². The SMILES string of the molecule is CC(=O)C(C)NC(=O)c1ccc(C)nc1C. The Kier molecular flexibility index (Phi) is 3.77. The number of nitrogens with zero attached hydrogens (tertiary/aromatic N) is 1. The first-order chi connectivity index (χ1) is 7.41. The molecular formula is C12H16N2O2. The number of Topliss-reactive ketones (excluding diaryl/α,β-unsaturated/α-hetero) is 1. The predicted molar refractivity (Wildman–Crippen MR) is 61.3 cm³/mol. The lowest BCUT2D eigenvalue weighted by molar-refractivity contribution is -0.118. The van der Waals surface area contributed by atoms with Crippen molar-refractivity contribution in [3.8, 4) is 0 Å². The zero-order chi connectivity index (χ0) is 12.3. The molecule has 16 heavy (non-hydrogen) atoms. The number of ketones is 1. The van der Waals surface area contributed by atoms with Crippen LogP contribution in [0.2, 0.25) is 0 Å². The Morgan fingerprint density at radius 1 is 1.31 bits per heavy atom. The van der Waals surface area contributed by atoms with Crippen LogP contribution >= 0.6 is 0 Å². The third-order valence-corrected chi connectivity index (χ3v) is 2.43. The monoisotopic (exact) mass is 220 g/mol. The molecule has 0 fully saturated rings. The van der Waals surface area contributed by atoms with Gasteiger partial charge in [-0.05, 0) is 39.8 Å². The van der Waals surface area contributed by atoms with Gasteiger partial charge in [-0.15, -0.1) is 0 Å². The molecular weight excluding hydrogens is 204 g/mol. The molecule has 1 amide bonds. The van der Waals surface area contributed by atoms with Gasteiger partial charge in [0.2, 0.25) is 0 Å². The van der Waals surface area contributed by atoms with Crippen molar-refractivity contribution in [2.24, 2.45) is 0 Å². The summed E-state index contributed by atoms with van der Waals surface area (Å²) in [6.07, 6.45) is 0. The standard InChI is InChI=1S/C12H16N2O2/c1-7-5-6-11(9(3)13-7)12(16)14-8(2)10(4)15/h5-6,8H,1-4H3,(H,14,16). The average Bonchev–Trinajstić information content (AvgIpc) is 2.16. The van der Waals surface area contributed by atoms with Crippen LogP contribution in [0.4, 0.5) is 0 Å². The molecule has 0 radical (unpaired) electrons. The number of hydrogen-bond donors (Lipinski definition) is 1. The highest BCUT2D eigenvalue weighted by Gasteiger charge is 2.14. The molecule has 0 aliphatic heterocycles. The Morgan fingerprint density at radius 2 is 1.94 bits per heavy atom. The summed E-state index contributed by atoms with van der Waals surface area (Å²) in [6.45, 7) is 6.76. The largest absolute Gasteiger partial charge is 0.342 e. The molecule has 0 bridgehead atoms. The van der Waals surface area contributed by atoms with Crippen LogP contribution in [0.15, 0.2) is 12.1 Å². The third kappa shape index (κ3) is 2.89. The van der Waals surface area contributed by atoms with Gasteiger partial charge in [-0.3, -0.25) is 14.6 Å². The summed E-state index contributed by atoms with van der Waals surface area (Å²) in [5, 5.41) is 2.63. The minimum Gasteiger partial charge on any atom is -0.342 e. The van der Waals surface area contributed by atoms with Gasteiger partial charge in [0.05, 0.1) is 17.3 Å². The molecule has 0 aliphatic rings. The van der Waals surface area contributed by atoms with Gasteiger partial charge < -0.3 is 5.32 Å².